The minimum Gasteiger partial charge on any atom is -0.493 e. The summed E-state index contributed by atoms with van der Waals surface area (Å²) in [6.45, 7) is 0.909. The third-order valence-electron chi connectivity index (χ3n) is 3.12. The highest BCUT2D eigenvalue weighted by Crippen LogP contribution is 2.32. The van der Waals surface area contributed by atoms with Crippen molar-refractivity contribution >= 4 is 0 Å². The second-order valence-corrected chi connectivity index (χ2v) is 4.03. The first-order valence-corrected chi connectivity index (χ1v) is 5.21. The Bertz CT molecular complexity index is 308. The van der Waals surface area contributed by atoms with Crippen molar-refractivity contribution in [1.82, 2.24) is 0 Å². The lowest BCUT2D eigenvalue weighted by Crippen LogP contribution is -2.08. The Morgan fingerprint density at radius 2 is 1.62 bits per heavy atom. The average molecular weight is 174 g/mol. The van der Waals surface area contributed by atoms with Gasteiger partial charge in [-0.2, -0.15) is 0 Å². The Hall–Kier alpha value is -0.980. The lowest BCUT2D eigenvalue weighted by Gasteiger charge is -2.18. The summed E-state index contributed by atoms with van der Waals surface area (Å²) in [6.07, 6.45) is 6.27. The van der Waals surface area contributed by atoms with Crippen LogP contribution in [0.4, 0.5) is 0 Å². The number of ether oxygens (including phenoxy) is 1. The quantitative estimate of drug-likeness (QED) is 0.587. The van der Waals surface area contributed by atoms with Crippen LogP contribution in [0.15, 0.2) is 12.1 Å². The van der Waals surface area contributed by atoms with Crippen LogP contribution in [-0.4, -0.2) is 6.61 Å². The molecular weight excluding hydrogens is 160 g/mol. The Morgan fingerprint density at radius 3 is 2.54 bits per heavy atom. The highest BCUT2D eigenvalue weighted by Gasteiger charge is 2.17. The fourth-order valence-corrected chi connectivity index (χ4v) is 2.43. The zero-order chi connectivity index (χ0) is 8.67. The Balaban J connectivity index is 2.11. The van der Waals surface area contributed by atoms with E-state index in [0.717, 1.165) is 12.4 Å². The fourth-order valence-electron chi connectivity index (χ4n) is 2.43. The summed E-state index contributed by atoms with van der Waals surface area (Å²) in [7, 11) is 0. The maximum atomic E-state index is 5.65. The molecule has 68 valence electrons. The van der Waals surface area contributed by atoms with Crippen LogP contribution < -0.4 is 4.74 Å². The first-order chi connectivity index (χ1) is 6.43. The van der Waals surface area contributed by atoms with Crippen LogP contribution in [0.5, 0.6) is 5.75 Å². The van der Waals surface area contributed by atoms with Crippen LogP contribution in [0, 0.1) is 0 Å². The molecule has 0 atom stereocenters. The van der Waals surface area contributed by atoms with E-state index in [4.69, 9.17) is 4.74 Å². The molecule has 0 bridgehead atoms. The molecule has 0 radical (unpaired) electrons. The second kappa shape index (κ2) is 2.76. The number of hydrogen-bond acceptors (Lipinski definition) is 1. The van der Waals surface area contributed by atoms with E-state index in [1.807, 2.05) is 0 Å². The zero-order valence-electron chi connectivity index (χ0n) is 7.81. The molecule has 1 heteroatoms. The first kappa shape index (κ1) is 7.43. The molecule has 13 heavy (non-hydrogen) atoms. The van der Waals surface area contributed by atoms with Gasteiger partial charge in [0.15, 0.2) is 0 Å². The van der Waals surface area contributed by atoms with E-state index in [1.165, 1.54) is 43.2 Å². The first-order valence-electron chi connectivity index (χ1n) is 5.21. The van der Waals surface area contributed by atoms with E-state index in [2.05, 4.69) is 12.1 Å². The minimum atomic E-state index is 0.909. The minimum absolute atomic E-state index is 0.909. The molecule has 3 rings (SSSR count). The molecule has 1 aromatic carbocycles. The average Bonchev–Trinajstić information content (AvgIpc) is 2.61. The van der Waals surface area contributed by atoms with E-state index < -0.39 is 0 Å². The predicted molar refractivity (Wildman–Crippen MR) is 52.3 cm³/mol. The third kappa shape index (κ3) is 1.14. The van der Waals surface area contributed by atoms with Crippen molar-refractivity contribution in [3.05, 3.63) is 28.8 Å². The summed E-state index contributed by atoms with van der Waals surface area (Å²) >= 11 is 0. The number of hydrogen-bond donors (Lipinski definition) is 0. The summed E-state index contributed by atoms with van der Waals surface area (Å²) in [4.78, 5) is 0. The van der Waals surface area contributed by atoms with Gasteiger partial charge in [-0.05, 0) is 54.9 Å². The molecule has 1 aliphatic carbocycles. The van der Waals surface area contributed by atoms with Crippen LogP contribution >= 0.6 is 0 Å². The van der Waals surface area contributed by atoms with Crippen LogP contribution in [0.3, 0.4) is 0 Å². The van der Waals surface area contributed by atoms with Gasteiger partial charge in [0.1, 0.15) is 5.75 Å². The molecule has 1 aromatic rings. The largest absolute Gasteiger partial charge is 0.493 e. The molecule has 0 amide bonds. The molecule has 1 nitrogen and oxygen atoms in total. The molecule has 0 spiro atoms. The Kier molecular flexibility index (Phi) is 1.58. The van der Waals surface area contributed by atoms with Crippen molar-refractivity contribution in [2.75, 3.05) is 6.61 Å². The summed E-state index contributed by atoms with van der Waals surface area (Å²) in [5.41, 5.74) is 4.54. The molecule has 1 heterocycles. The van der Waals surface area contributed by atoms with Crippen LogP contribution in [-0.2, 0) is 19.3 Å². The van der Waals surface area contributed by atoms with E-state index in [-0.39, 0.29) is 0 Å². The van der Waals surface area contributed by atoms with Gasteiger partial charge in [-0.1, -0.05) is 6.07 Å². The normalized spacial score (nSPS) is 19.1. The molecule has 0 N–H and O–H groups in total. The van der Waals surface area contributed by atoms with Gasteiger partial charge in [-0.15, -0.1) is 0 Å². The number of fused-ring (bicyclic) bond motifs is 2. The van der Waals surface area contributed by atoms with E-state index >= 15 is 0 Å². The number of rotatable bonds is 0. The smallest absolute Gasteiger partial charge is 0.122 e. The molecular formula is C12H14O. The van der Waals surface area contributed by atoms with Crippen molar-refractivity contribution in [2.45, 2.75) is 32.1 Å². The van der Waals surface area contributed by atoms with Crippen LogP contribution in [0.2, 0.25) is 0 Å². The second-order valence-electron chi connectivity index (χ2n) is 4.03. The van der Waals surface area contributed by atoms with Gasteiger partial charge in [-0.3, -0.25) is 0 Å². The number of benzene rings is 1. The molecule has 0 unspecified atom stereocenters. The van der Waals surface area contributed by atoms with Crippen molar-refractivity contribution < 1.29 is 4.74 Å². The fraction of sp³-hybridized carbons (Fsp3) is 0.500. The summed E-state index contributed by atoms with van der Waals surface area (Å²) < 4.78 is 5.65. The van der Waals surface area contributed by atoms with Gasteiger partial charge < -0.3 is 4.74 Å². The van der Waals surface area contributed by atoms with E-state index in [9.17, 15) is 0 Å². The molecule has 0 saturated heterocycles. The third-order valence-corrected chi connectivity index (χ3v) is 3.12. The van der Waals surface area contributed by atoms with Gasteiger partial charge in [0.25, 0.3) is 0 Å². The van der Waals surface area contributed by atoms with Crippen molar-refractivity contribution in [2.24, 2.45) is 0 Å². The number of aryl methyl sites for hydroxylation is 3. The lowest BCUT2D eigenvalue weighted by molar-refractivity contribution is 0.288. The highest BCUT2D eigenvalue weighted by atomic mass is 16.5. The molecule has 1 aliphatic heterocycles. The predicted octanol–water partition coefficient (Wildman–Crippen LogP) is 2.50. The standard InChI is InChI=1S/C12H14O/c1-3-9-7-11-5-2-6-13-12(11)8-10(9)4-1/h7-8H,1-6H2. The monoisotopic (exact) mass is 174 g/mol. The Labute approximate surface area is 78.7 Å². The Morgan fingerprint density at radius 1 is 0.846 bits per heavy atom. The van der Waals surface area contributed by atoms with Crippen LogP contribution in [0.1, 0.15) is 29.5 Å². The van der Waals surface area contributed by atoms with Gasteiger partial charge in [-0.25, -0.2) is 0 Å². The molecule has 0 aromatic heterocycles. The van der Waals surface area contributed by atoms with Gasteiger partial charge in [0.2, 0.25) is 0 Å². The summed E-state index contributed by atoms with van der Waals surface area (Å²) in [5, 5.41) is 0. The van der Waals surface area contributed by atoms with Crippen LogP contribution in [0.25, 0.3) is 0 Å². The molecule has 2 aliphatic rings. The van der Waals surface area contributed by atoms with Crippen molar-refractivity contribution in [3.8, 4) is 5.75 Å². The summed E-state index contributed by atoms with van der Waals surface area (Å²) in [5.74, 6) is 1.16. The topological polar surface area (TPSA) is 9.23 Å². The van der Waals surface area contributed by atoms with E-state index in [0.29, 0.717) is 0 Å². The zero-order valence-corrected chi connectivity index (χ0v) is 7.81. The van der Waals surface area contributed by atoms with Crippen molar-refractivity contribution in [1.29, 1.82) is 0 Å². The molecule has 0 fully saturated rings. The van der Waals surface area contributed by atoms with Gasteiger partial charge in [0.05, 0.1) is 6.61 Å². The maximum Gasteiger partial charge on any atom is 0.122 e. The SMILES string of the molecule is c1c2c(cc3c1CCCO3)CCC2. The van der Waals surface area contributed by atoms with Crippen molar-refractivity contribution in [3.63, 3.8) is 0 Å². The lowest BCUT2D eigenvalue weighted by atomic mass is 10.0. The van der Waals surface area contributed by atoms with E-state index in [1.54, 1.807) is 5.56 Å². The molecule has 0 saturated carbocycles. The van der Waals surface area contributed by atoms with Gasteiger partial charge in [0, 0.05) is 0 Å². The van der Waals surface area contributed by atoms with Gasteiger partial charge >= 0.3 is 0 Å². The maximum absolute atomic E-state index is 5.65. The highest BCUT2D eigenvalue weighted by molar-refractivity contribution is 5.45. The summed E-state index contributed by atoms with van der Waals surface area (Å²) in [6, 6.07) is 4.65.